The Labute approximate surface area is 125 Å². The smallest absolute Gasteiger partial charge is 0.239 e. The van der Waals surface area contributed by atoms with Crippen molar-refractivity contribution in [2.24, 2.45) is 0 Å². The van der Waals surface area contributed by atoms with Gasteiger partial charge in [-0.05, 0) is 44.0 Å². The number of carbonyl (C=O) groups excluding carboxylic acids is 1. The lowest BCUT2D eigenvalue weighted by atomic mass is 10.3. The van der Waals surface area contributed by atoms with E-state index in [9.17, 15) is 13.2 Å². The van der Waals surface area contributed by atoms with Crippen LogP contribution in [0.5, 0.6) is 5.75 Å². The van der Waals surface area contributed by atoms with Gasteiger partial charge in [-0.2, -0.15) is 4.31 Å². The van der Waals surface area contributed by atoms with Crippen molar-refractivity contribution in [2.75, 3.05) is 24.7 Å². The molecule has 2 rings (SSSR count). The number of rotatable bonds is 7. The quantitative estimate of drug-likeness (QED) is 0.827. The summed E-state index contributed by atoms with van der Waals surface area (Å²) >= 11 is 0. The molecule has 1 amide bonds. The third kappa shape index (κ3) is 4.71. The highest BCUT2D eigenvalue weighted by Crippen LogP contribution is 2.28. The van der Waals surface area contributed by atoms with E-state index >= 15 is 0 Å². The Bertz CT molecular complexity index is 594. The molecule has 1 N–H and O–H groups in total. The van der Waals surface area contributed by atoms with Crippen molar-refractivity contribution in [2.45, 2.75) is 25.8 Å². The molecule has 0 atom stereocenters. The molecule has 1 aromatic carbocycles. The first-order valence-corrected chi connectivity index (χ1v) is 8.74. The molecular weight excluding hydrogens is 292 g/mol. The third-order valence-corrected chi connectivity index (χ3v) is 4.41. The Kier molecular flexibility index (Phi) is 4.84. The fourth-order valence-corrected chi connectivity index (χ4v) is 3.13. The van der Waals surface area contributed by atoms with Crippen LogP contribution in [0.3, 0.4) is 0 Å². The average molecular weight is 312 g/mol. The van der Waals surface area contributed by atoms with E-state index in [1.54, 1.807) is 24.3 Å². The summed E-state index contributed by atoms with van der Waals surface area (Å²) in [5, 5.41) is 2.70. The van der Waals surface area contributed by atoms with Crippen molar-refractivity contribution in [3.8, 4) is 5.75 Å². The number of hydrogen-bond acceptors (Lipinski definition) is 4. The summed E-state index contributed by atoms with van der Waals surface area (Å²) in [5.74, 6) is 0.391. The van der Waals surface area contributed by atoms with Crippen molar-refractivity contribution in [1.82, 2.24) is 4.31 Å². The molecule has 6 nitrogen and oxygen atoms in total. The number of nitrogens with zero attached hydrogens (tertiary/aromatic N) is 1. The first-order valence-electron chi connectivity index (χ1n) is 6.89. The fourth-order valence-electron chi connectivity index (χ4n) is 2.02. The van der Waals surface area contributed by atoms with Crippen LogP contribution in [-0.2, 0) is 14.8 Å². The summed E-state index contributed by atoms with van der Waals surface area (Å²) in [5.41, 5.74) is 0.618. The van der Waals surface area contributed by atoms with Crippen molar-refractivity contribution in [1.29, 1.82) is 0 Å². The van der Waals surface area contributed by atoms with E-state index in [1.165, 1.54) is 4.31 Å². The number of hydrogen-bond donors (Lipinski definition) is 1. The molecular formula is C14H20N2O4S. The predicted molar refractivity (Wildman–Crippen MR) is 80.8 cm³/mol. The number of amides is 1. The van der Waals surface area contributed by atoms with Gasteiger partial charge in [-0.1, -0.05) is 0 Å². The van der Waals surface area contributed by atoms with Crippen LogP contribution in [0, 0.1) is 0 Å². The summed E-state index contributed by atoms with van der Waals surface area (Å²) < 4.78 is 29.9. The number of benzene rings is 1. The molecule has 0 bridgehead atoms. The molecule has 1 aliphatic rings. The van der Waals surface area contributed by atoms with Crippen molar-refractivity contribution >= 4 is 21.6 Å². The lowest BCUT2D eigenvalue weighted by molar-refractivity contribution is -0.116. The molecule has 0 heterocycles. The Morgan fingerprint density at radius 2 is 1.95 bits per heavy atom. The lowest BCUT2D eigenvalue weighted by Crippen LogP contribution is -2.38. The van der Waals surface area contributed by atoms with E-state index in [-0.39, 0.29) is 18.5 Å². The molecule has 0 aliphatic heterocycles. The van der Waals surface area contributed by atoms with Gasteiger partial charge in [0, 0.05) is 11.7 Å². The highest BCUT2D eigenvalue weighted by molar-refractivity contribution is 7.88. The number of nitrogens with one attached hydrogen (secondary N) is 1. The molecule has 0 unspecified atom stereocenters. The first-order chi connectivity index (χ1) is 9.90. The van der Waals surface area contributed by atoms with Gasteiger partial charge in [-0.15, -0.1) is 0 Å². The molecule has 1 aliphatic carbocycles. The number of ether oxygens (including phenoxy) is 1. The van der Waals surface area contributed by atoms with E-state index < -0.39 is 10.0 Å². The third-order valence-electron chi connectivity index (χ3n) is 3.13. The van der Waals surface area contributed by atoms with Crippen LogP contribution >= 0.6 is 0 Å². The van der Waals surface area contributed by atoms with E-state index in [4.69, 9.17) is 4.74 Å². The van der Waals surface area contributed by atoms with Gasteiger partial charge in [0.15, 0.2) is 0 Å². The zero-order chi connectivity index (χ0) is 15.5. The van der Waals surface area contributed by atoms with Gasteiger partial charge in [0.05, 0.1) is 19.4 Å². The molecule has 0 radical (unpaired) electrons. The summed E-state index contributed by atoms with van der Waals surface area (Å²) in [6, 6.07) is 6.95. The SMILES string of the molecule is CCOc1ccc(NC(=O)CN(C2CC2)S(C)(=O)=O)cc1. The number of anilines is 1. The van der Waals surface area contributed by atoms with Crippen LogP contribution in [0.1, 0.15) is 19.8 Å². The minimum Gasteiger partial charge on any atom is -0.494 e. The molecule has 0 saturated heterocycles. The molecule has 0 aromatic heterocycles. The van der Waals surface area contributed by atoms with E-state index in [0.717, 1.165) is 24.8 Å². The molecule has 7 heteroatoms. The Hall–Kier alpha value is -1.60. The monoisotopic (exact) mass is 312 g/mol. The van der Waals surface area contributed by atoms with Crippen LogP contribution < -0.4 is 10.1 Å². The minimum absolute atomic E-state index is 0.0221. The van der Waals surface area contributed by atoms with Gasteiger partial charge in [-0.25, -0.2) is 8.42 Å². The zero-order valence-electron chi connectivity index (χ0n) is 12.2. The second-order valence-electron chi connectivity index (χ2n) is 5.04. The van der Waals surface area contributed by atoms with Crippen LogP contribution in [0.25, 0.3) is 0 Å². The van der Waals surface area contributed by atoms with Crippen molar-refractivity contribution in [3.05, 3.63) is 24.3 Å². The zero-order valence-corrected chi connectivity index (χ0v) is 13.0. The van der Waals surface area contributed by atoms with Crippen LogP contribution in [0.4, 0.5) is 5.69 Å². The topological polar surface area (TPSA) is 75.7 Å². The maximum absolute atomic E-state index is 12.0. The van der Waals surface area contributed by atoms with Crippen LogP contribution in [0.15, 0.2) is 24.3 Å². The second-order valence-corrected chi connectivity index (χ2v) is 6.98. The number of carbonyl (C=O) groups is 1. The maximum atomic E-state index is 12.0. The van der Waals surface area contributed by atoms with Crippen LogP contribution in [0.2, 0.25) is 0 Å². The Balaban J connectivity index is 1.94. The van der Waals surface area contributed by atoms with Gasteiger partial charge in [0.1, 0.15) is 5.75 Å². The minimum atomic E-state index is -3.35. The lowest BCUT2D eigenvalue weighted by Gasteiger charge is -2.18. The van der Waals surface area contributed by atoms with Gasteiger partial charge < -0.3 is 10.1 Å². The molecule has 21 heavy (non-hydrogen) atoms. The highest BCUT2D eigenvalue weighted by Gasteiger charge is 2.36. The molecule has 1 fully saturated rings. The Morgan fingerprint density at radius 3 is 2.43 bits per heavy atom. The molecule has 0 spiro atoms. The predicted octanol–water partition coefficient (Wildman–Crippen LogP) is 1.45. The van der Waals surface area contributed by atoms with Gasteiger partial charge >= 0.3 is 0 Å². The van der Waals surface area contributed by atoms with Crippen molar-refractivity contribution < 1.29 is 17.9 Å². The van der Waals surface area contributed by atoms with E-state index in [2.05, 4.69) is 5.32 Å². The van der Waals surface area contributed by atoms with Gasteiger partial charge in [0.2, 0.25) is 15.9 Å². The average Bonchev–Trinajstić information content (AvgIpc) is 3.21. The summed E-state index contributed by atoms with van der Waals surface area (Å²) in [7, 11) is -3.35. The summed E-state index contributed by atoms with van der Waals surface area (Å²) in [4.78, 5) is 12.0. The normalized spacial score (nSPS) is 15.0. The standard InChI is InChI=1S/C14H20N2O4S/c1-3-20-13-8-4-11(5-9-13)15-14(17)10-16(12-6-7-12)21(2,18)19/h4-5,8-9,12H,3,6-7,10H2,1-2H3,(H,15,17). The first kappa shape index (κ1) is 15.8. The molecule has 116 valence electrons. The largest absolute Gasteiger partial charge is 0.494 e. The number of sulfonamides is 1. The van der Waals surface area contributed by atoms with Crippen LogP contribution in [-0.4, -0.2) is 44.1 Å². The molecule has 1 aromatic rings. The summed E-state index contributed by atoms with van der Waals surface area (Å²) in [6.45, 7) is 2.33. The van der Waals surface area contributed by atoms with E-state index in [1.807, 2.05) is 6.92 Å². The maximum Gasteiger partial charge on any atom is 0.239 e. The molecule has 1 saturated carbocycles. The second kappa shape index (κ2) is 6.44. The van der Waals surface area contributed by atoms with Gasteiger partial charge in [-0.3, -0.25) is 4.79 Å². The highest BCUT2D eigenvalue weighted by atomic mass is 32.2. The Morgan fingerprint density at radius 1 is 1.33 bits per heavy atom. The van der Waals surface area contributed by atoms with Gasteiger partial charge in [0.25, 0.3) is 0 Å². The van der Waals surface area contributed by atoms with Crippen molar-refractivity contribution in [3.63, 3.8) is 0 Å². The fraction of sp³-hybridized carbons (Fsp3) is 0.500. The van der Waals surface area contributed by atoms with E-state index in [0.29, 0.717) is 12.3 Å². The summed E-state index contributed by atoms with van der Waals surface area (Å²) in [6.07, 6.45) is 2.78.